The van der Waals surface area contributed by atoms with Crippen LogP contribution in [0.2, 0.25) is 0 Å². The Morgan fingerprint density at radius 1 is 1.44 bits per heavy atom. The number of nitrogens with zero attached hydrogens (tertiary/aromatic N) is 1. The molecule has 0 aliphatic carbocycles. The van der Waals surface area contributed by atoms with E-state index in [4.69, 9.17) is 0 Å². The van der Waals surface area contributed by atoms with Gasteiger partial charge in [-0.2, -0.15) is 0 Å². The van der Waals surface area contributed by atoms with Crippen molar-refractivity contribution in [3.05, 3.63) is 24.0 Å². The van der Waals surface area contributed by atoms with Crippen LogP contribution >= 0.6 is 0 Å². The largest absolute Gasteiger partial charge is 0.388 e. The average Bonchev–Trinajstić information content (AvgIpc) is 2.39. The van der Waals surface area contributed by atoms with Gasteiger partial charge >= 0.3 is 0 Å². The molecule has 4 nitrogen and oxygen atoms in total. The lowest BCUT2D eigenvalue weighted by Crippen LogP contribution is -2.33. The van der Waals surface area contributed by atoms with E-state index in [0.29, 0.717) is 5.69 Å². The predicted molar refractivity (Wildman–Crippen MR) is 74.9 cm³/mol. The van der Waals surface area contributed by atoms with Gasteiger partial charge < -0.3 is 10.6 Å². The number of rotatable bonds is 7. The highest BCUT2D eigenvalue weighted by molar-refractivity contribution is 5.93. The summed E-state index contributed by atoms with van der Waals surface area (Å²) in [5, 5.41) is 5.97. The number of unbranched alkanes of at least 4 members (excludes halogenated alkanes) is 2. The highest BCUT2D eigenvalue weighted by Crippen LogP contribution is 2.08. The zero-order valence-electron chi connectivity index (χ0n) is 11.5. The van der Waals surface area contributed by atoms with Crippen molar-refractivity contribution in [1.29, 1.82) is 0 Å². The van der Waals surface area contributed by atoms with E-state index >= 15 is 0 Å². The van der Waals surface area contributed by atoms with Gasteiger partial charge in [-0.05, 0) is 25.5 Å². The number of amides is 1. The molecule has 1 rings (SSSR count). The number of aromatic nitrogens is 1. The first-order chi connectivity index (χ1) is 8.67. The van der Waals surface area contributed by atoms with E-state index in [2.05, 4.69) is 22.5 Å². The van der Waals surface area contributed by atoms with Gasteiger partial charge in [0, 0.05) is 25.0 Å². The van der Waals surface area contributed by atoms with E-state index in [-0.39, 0.29) is 11.9 Å². The minimum atomic E-state index is -0.101. The molecule has 0 radical (unpaired) electrons. The van der Waals surface area contributed by atoms with Crippen LogP contribution in [0.1, 0.15) is 50.0 Å². The van der Waals surface area contributed by atoms with Gasteiger partial charge in [0.05, 0.1) is 0 Å². The van der Waals surface area contributed by atoms with Crippen LogP contribution in [0.5, 0.6) is 0 Å². The summed E-state index contributed by atoms with van der Waals surface area (Å²) in [6.45, 7) is 4.21. The number of anilines is 1. The summed E-state index contributed by atoms with van der Waals surface area (Å²) in [7, 11) is 1.82. The van der Waals surface area contributed by atoms with E-state index in [1.807, 2.05) is 20.0 Å². The van der Waals surface area contributed by atoms with E-state index in [1.165, 1.54) is 12.8 Å². The highest BCUT2D eigenvalue weighted by atomic mass is 16.1. The predicted octanol–water partition coefficient (Wildman–Crippen LogP) is 2.82. The summed E-state index contributed by atoms with van der Waals surface area (Å²) in [6, 6.07) is 3.79. The van der Waals surface area contributed by atoms with Gasteiger partial charge in [-0.1, -0.05) is 26.2 Å². The van der Waals surface area contributed by atoms with Crippen LogP contribution in [-0.2, 0) is 0 Å². The molecule has 4 heteroatoms. The van der Waals surface area contributed by atoms with Crippen LogP contribution in [0.4, 0.5) is 5.69 Å². The highest BCUT2D eigenvalue weighted by Gasteiger charge is 2.10. The molecule has 0 fully saturated rings. The van der Waals surface area contributed by atoms with E-state index < -0.39 is 0 Å². The van der Waals surface area contributed by atoms with E-state index in [9.17, 15) is 4.79 Å². The van der Waals surface area contributed by atoms with Crippen molar-refractivity contribution in [2.75, 3.05) is 12.4 Å². The zero-order valence-corrected chi connectivity index (χ0v) is 11.5. The molecule has 1 heterocycles. The number of nitrogens with one attached hydrogen (secondary N) is 2. The van der Waals surface area contributed by atoms with Crippen LogP contribution in [0.15, 0.2) is 18.3 Å². The van der Waals surface area contributed by atoms with E-state index in [1.54, 1.807) is 12.3 Å². The standard InChI is InChI=1S/C14H23N3O/c1-4-5-6-7-11(2)17-14(18)13-10-12(15-3)8-9-16-13/h8-11H,4-7H2,1-3H3,(H,15,16)(H,17,18). The second kappa shape index (κ2) is 7.69. The third kappa shape index (κ3) is 4.73. The van der Waals surface area contributed by atoms with Gasteiger partial charge in [0.25, 0.3) is 5.91 Å². The van der Waals surface area contributed by atoms with Crippen LogP contribution in [0, 0.1) is 0 Å². The Morgan fingerprint density at radius 2 is 2.22 bits per heavy atom. The molecule has 0 spiro atoms. The maximum Gasteiger partial charge on any atom is 0.270 e. The van der Waals surface area contributed by atoms with Gasteiger partial charge in [-0.3, -0.25) is 9.78 Å². The first-order valence-electron chi connectivity index (χ1n) is 6.62. The molecule has 0 saturated heterocycles. The third-order valence-corrected chi connectivity index (χ3v) is 2.90. The van der Waals surface area contributed by atoms with E-state index in [0.717, 1.165) is 18.5 Å². The lowest BCUT2D eigenvalue weighted by atomic mass is 10.1. The molecular weight excluding hydrogens is 226 g/mol. The average molecular weight is 249 g/mol. The maximum atomic E-state index is 12.0. The topological polar surface area (TPSA) is 54.0 Å². The summed E-state index contributed by atoms with van der Waals surface area (Å²) in [6.07, 6.45) is 6.23. The first-order valence-corrected chi connectivity index (χ1v) is 6.62. The van der Waals surface area contributed by atoms with Crippen molar-refractivity contribution >= 4 is 11.6 Å². The fraction of sp³-hybridized carbons (Fsp3) is 0.571. The Kier molecular flexibility index (Phi) is 6.19. The Bertz CT molecular complexity index is 379. The molecule has 100 valence electrons. The SMILES string of the molecule is CCCCCC(C)NC(=O)c1cc(NC)ccn1. The van der Waals surface area contributed by atoms with Crippen LogP contribution < -0.4 is 10.6 Å². The molecule has 1 atom stereocenters. The molecule has 0 saturated carbocycles. The molecule has 1 unspecified atom stereocenters. The lowest BCUT2D eigenvalue weighted by molar-refractivity contribution is 0.0933. The van der Waals surface area contributed by atoms with Gasteiger partial charge in [0.2, 0.25) is 0 Å². The van der Waals surface area contributed by atoms with Crippen molar-refractivity contribution < 1.29 is 4.79 Å². The molecule has 0 bridgehead atoms. The fourth-order valence-electron chi connectivity index (χ4n) is 1.78. The van der Waals surface area contributed by atoms with Gasteiger partial charge in [0.15, 0.2) is 0 Å². The monoisotopic (exact) mass is 249 g/mol. The van der Waals surface area contributed by atoms with Crippen molar-refractivity contribution in [3.63, 3.8) is 0 Å². The molecule has 0 aromatic carbocycles. The quantitative estimate of drug-likeness (QED) is 0.731. The fourth-order valence-corrected chi connectivity index (χ4v) is 1.78. The molecule has 1 aromatic heterocycles. The Labute approximate surface area is 109 Å². The minimum absolute atomic E-state index is 0.101. The normalized spacial score (nSPS) is 11.9. The smallest absolute Gasteiger partial charge is 0.270 e. The van der Waals surface area contributed by atoms with Crippen LogP contribution in [0.25, 0.3) is 0 Å². The van der Waals surface area contributed by atoms with Crippen LogP contribution in [0.3, 0.4) is 0 Å². The summed E-state index contributed by atoms with van der Waals surface area (Å²) in [5.41, 5.74) is 1.36. The first kappa shape index (κ1) is 14.5. The van der Waals surface area contributed by atoms with Crippen LogP contribution in [-0.4, -0.2) is 24.0 Å². The summed E-state index contributed by atoms with van der Waals surface area (Å²) < 4.78 is 0. The molecule has 1 amide bonds. The Hall–Kier alpha value is -1.58. The zero-order chi connectivity index (χ0) is 13.4. The van der Waals surface area contributed by atoms with Crippen molar-refractivity contribution in [2.24, 2.45) is 0 Å². The van der Waals surface area contributed by atoms with Gasteiger partial charge in [-0.15, -0.1) is 0 Å². The number of carbonyl (C=O) groups is 1. The molecule has 0 aliphatic heterocycles. The molecular formula is C14H23N3O. The van der Waals surface area contributed by atoms with Gasteiger partial charge in [0.1, 0.15) is 5.69 Å². The molecule has 1 aromatic rings. The Balaban J connectivity index is 2.48. The Morgan fingerprint density at radius 3 is 2.89 bits per heavy atom. The van der Waals surface area contributed by atoms with Crippen molar-refractivity contribution in [3.8, 4) is 0 Å². The summed E-state index contributed by atoms with van der Waals surface area (Å²) >= 11 is 0. The number of hydrogen-bond acceptors (Lipinski definition) is 3. The second-order valence-electron chi connectivity index (χ2n) is 4.55. The molecule has 2 N–H and O–H groups in total. The molecule has 0 aliphatic rings. The van der Waals surface area contributed by atoms with Crippen molar-refractivity contribution in [2.45, 2.75) is 45.6 Å². The minimum Gasteiger partial charge on any atom is -0.388 e. The summed E-state index contributed by atoms with van der Waals surface area (Å²) in [5.74, 6) is -0.101. The second-order valence-corrected chi connectivity index (χ2v) is 4.55. The van der Waals surface area contributed by atoms with Gasteiger partial charge in [-0.25, -0.2) is 0 Å². The number of carbonyl (C=O) groups excluding carboxylic acids is 1. The maximum absolute atomic E-state index is 12.0. The number of pyridine rings is 1. The van der Waals surface area contributed by atoms with Crippen molar-refractivity contribution in [1.82, 2.24) is 10.3 Å². The summed E-state index contributed by atoms with van der Waals surface area (Å²) in [4.78, 5) is 16.0. The molecule has 18 heavy (non-hydrogen) atoms. The lowest BCUT2D eigenvalue weighted by Gasteiger charge is -2.13. The third-order valence-electron chi connectivity index (χ3n) is 2.90. The number of hydrogen-bond donors (Lipinski definition) is 2.